The average Bonchev–Trinajstić information content (AvgIpc) is 2.26. The number of carboxylic acids is 1. The Bertz CT molecular complexity index is 547. The van der Waals surface area contributed by atoms with E-state index in [1.54, 1.807) is 31.2 Å². The average molecular weight is 254 g/mol. The summed E-state index contributed by atoms with van der Waals surface area (Å²) in [4.78, 5) is 11.1. The predicted molar refractivity (Wildman–Crippen MR) is 62.7 cm³/mol. The fraction of sp³-hybridized carbons (Fsp3) is 0.417. The van der Waals surface area contributed by atoms with Crippen LogP contribution < -0.4 is 0 Å². The summed E-state index contributed by atoms with van der Waals surface area (Å²) in [6.07, 6.45) is 0.364. The first kappa shape index (κ1) is 12.1. The van der Waals surface area contributed by atoms with Gasteiger partial charge >= 0.3 is 5.97 Å². The SMILES string of the molecule is C[C@@H]1CC(CC(=O)O)c2ccccc2S1(=O)=O. The van der Waals surface area contributed by atoms with Crippen LogP contribution in [0.1, 0.15) is 31.2 Å². The third kappa shape index (κ3) is 2.07. The first-order chi connectivity index (χ1) is 7.93. The Morgan fingerprint density at radius 3 is 2.71 bits per heavy atom. The molecule has 92 valence electrons. The number of aliphatic carboxylic acids is 1. The number of fused-ring (bicyclic) bond motifs is 1. The van der Waals surface area contributed by atoms with Gasteiger partial charge in [-0.15, -0.1) is 0 Å². The van der Waals surface area contributed by atoms with Gasteiger partial charge in [-0.05, 0) is 30.9 Å². The number of sulfone groups is 1. The summed E-state index contributed by atoms with van der Waals surface area (Å²) < 4.78 is 24.2. The molecule has 1 aromatic carbocycles. The molecule has 0 aliphatic carbocycles. The monoisotopic (exact) mass is 254 g/mol. The van der Waals surface area contributed by atoms with Crippen LogP contribution in [0.25, 0.3) is 0 Å². The van der Waals surface area contributed by atoms with Crippen molar-refractivity contribution in [3.8, 4) is 0 Å². The highest BCUT2D eigenvalue weighted by molar-refractivity contribution is 7.92. The third-order valence-electron chi connectivity index (χ3n) is 3.23. The van der Waals surface area contributed by atoms with Crippen molar-refractivity contribution in [1.29, 1.82) is 0 Å². The number of hydrogen-bond donors (Lipinski definition) is 1. The molecule has 1 N–H and O–H groups in total. The molecule has 0 bridgehead atoms. The van der Waals surface area contributed by atoms with Gasteiger partial charge in [-0.1, -0.05) is 18.2 Å². The van der Waals surface area contributed by atoms with E-state index in [0.29, 0.717) is 16.9 Å². The molecular weight excluding hydrogens is 240 g/mol. The van der Waals surface area contributed by atoms with Crippen molar-refractivity contribution in [3.05, 3.63) is 29.8 Å². The maximum atomic E-state index is 12.1. The van der Waals surface area contributed by atoms with Crippen LogP contribution in [0.15, 0.2) is 29.2 Å². The smallest absolute Gasteiger partial charge is 0.303 e. The highest BCUT2D eigenvalue weighted by Crippen LogP contribution is 2.39. The number of carbonyl (C=O) groups is 1. The van der Waals surface area contributed by atoms with Crippen LogP contribution in [0.5, 0.6) is 0 Å². The molecule has 1 aliphatic rings. The van der Waals surface area contributed by atoms with E-state index in [1.165, 1.54) is 0 Å². The van der Waals surface area contributed by atoms with E-state index in [-0.39, 0.29) is 12.3 Å². The van der Waals surface area contributed by atoms with Crippen molar-refractivity contribution < 1.29 is 18.3 Å². The largest absolute Gasteiger partial charge is 0.481 e. The minimum atomic E-state index is -3.28. The van der Waals surface area contributed by atoms with Crippen LogP contribution in [0, 0.1) is 0 Å². The van der Waals surface area contributed by atoms with Crippen LogP contribution in [0.4, 0.5) is 0 Å². The summed E-state index contributed by atoms with van der Waals surface area (Å²) >= 11 is 0. The van der Waals surface area contributed by atoms with E-state index < -0.39 is 21.1 Å². The molecule has 4 nitrogen and oxygen atoms in total. The summed E-state index contributed by atoms with van der Waals surface area (Å²) in [6.45, 7) is 1.64. The lowest BCUT2D eigenvalue weighted by Gasteiger charge is -2.28. The Balaban J connectivity index is 2.53. The molecule has 0 aromatic heterocycles. The normalized spacial score (nSPS) is 26.2. The molecule has 1 heterocycles. The minimum Gasteiger partial charge on any atom is -0.481 e. The highest BCUT2D eigenvalue weighted by Gasteiger charge is 2.36. The van der Waals surface area contributed by atoms with Crippen molar-refractivity contribution in [2.75, 3.05) is 0 Å². The predicted octanol–water partition coefficient (Wildman–Crippen LogP) is 1.81. The Kier molecular flexibility index (Phi) is 2.95. The molecule has 0 spiro atoms. The molecule has 17 heavy (non-hydrogen) atoms. The van der Waals surface area contributed by atoms with Crippen LogP contribution in [0.3, 0.4) is 0 Å². The highest BCUT2D eigenvalue weighted by atomic mass is 32.2. The fourth-order valence-electron chi connectivity index (χ4n) is 2.35. The molecule has 1 unspecified atom stereocenters. The zero-order valence-electron chi connectivity index (χ0n) is 9.46. The molecule has 1 aromatic rings. The maximum absolute atomic E-state index is 12.1. The second kappa shape index (κ2) is 4.14. The molecule has 0 radical (unpaired) electrons. The molecule has 0 fully saturated rings. The lowest BCUT2D eigenvalue weighted by atomic mass is 9.91. The Hall–Kier alpha value is -1.36. The van der Waals surface area contributed by atoms with Gasteiger partial charge in [-0.25, -0.2) is 8.42 Å². The van der Waals surface area contributed by atoms with Crippen LogP contribution in [0.2, 0.25) is 0 Å². The van der Waals surface area contributed by atoms with Gasteiger partial charge in [-0.2, -0.15) is 0 Å². The van der Waals surface area contributed by atoms with Gasteiger partial charge in [0.15, 0.2) is 9.84 Å². The van der Waals surface area contributed by atoms with Gasteiger partial charge in [-0.3, -0.25) is 4.79 Å². The fourth-order valence-corrected chi connectivity index (χ4v) is 4.10. The van der Waals surface area contributed by atoms with Crippen molar-refractivity contribution in [3.63, 3.8) is 0 Å². The number of benzene rings is 1. The summed E-state index contributed by atoms with van der Waals surface area (Å²) in [7, 11) is -3.28. The van der Waals surface area contributed by atoms with Gasteiger partial charge in [0.25, 0.3) is 0 Å². The van der Waals surface area contributed by atoms with Crippen molar-refractivity contribution in [2.24, 2.45) is 0 Å². The number of hydrogen-bond acceptors (Lipinski definition) is 3. The Morgan fingerprint density at radius 2 is 2.06 bits per heavy atom. The maximum Gasteiger partial charge on any atom is 0.303 e. The summed E-state index contributed by atoms with van der Waals surface area (Å²) in [5, 5.41) is 8.35. The zero-order chi connectivity index (χ0) is 12.6. The second-order valence-corrected chi connectivity index (χ2v) is 6.76. The second-order valence-electron chi connectivity index (χ2n) is 4.42. The van der Waals surface area contributed by atoms with Crippen LogP contribution in [-0.2, 0) is 14.6 Å². The van der Waals surface area contributed by atoms with E-state index in [2.05, 4.69) is 0 Å². The van der Waals surface area contributed by atoms with E-state index in [4.69, 9.17) is 5.11 Å². The van der Waals surface area contributed by atoms with Crippen molar-refractivity contribution in [1.82, 2.24) is 0 Å². The van der Waals surface area contributed by atoms with Crippen molar-refractivity contribution >= 4 is 15.8 Å². The van der Waals surface area contributed by atoms with Crippen molar-refractivity contribution in [2.45, 2.75) is 35.8 Å². The van der Waals surface area contributed by atoms with Gasteiger partial charge in [0.1, 0.15) is 0 Å². The van der Waals surface area contributed by atoms with Gasteiger partial charge < -0.3 is 5.11 Å². The standard InChI is InChI=1S/C12H14O4S/c1-8-6-9(7-12(13)14)10-4-2-3-5-11(10)17(8,15)16/h2-5,8-9H,6-7H2,1H3,(H,13,14)/t8-,9?/m1/s1. The zero-order valence-corrected chi connectivity index (χ0v) is 10.3. The topological polar surface area (TPSA) is 71.4 Å². The number of carboxylic acid groups (broad SMARTS) is 1. The van der Waals surface area contributed by atoms with Gasteiger partial charge in [0.2, 0.25) is 0 Å². The van der Waals surface area contributed by atoms with Gasteiger partial charge in [0.05, 0.1) is 16.6 Å². The van der Waals surface area contributed by atoms with E-state index >= 15 is 0 Å². The van der Waals surface area contributed by atoms with Crippen LogP contribution >= 0.6 is 0 Å². The minimum absolute atomic E-state index is 0.0170. The van der Waals surface area contributed by atoms with E-state index in [1.807, 2.05) is 0 Å². The lowest BCUT2D eigenvalue weighted by Crippen LogP contribution is -2.28. The molecule has 2 atom stereocenters. The summed E-state index contributed by atoms with van der Waals surface area (Å²) in [5.74, 6) is -1.10. The molecule has 5 heteroatoms. The Morgan fingerprint density at radius 1 is 1.41 bits per heavy atom. The molecular formula is C12H14O4S. The molecule has 2 rings (SSSR count). The lowest BCUT2D eigenvalue weighted by molar-refractivity contribution is -0.137. The molecule has 0 saturated heterocycles. The van der Waals surface area contributed by atoms with E-state index in [9.17, 15) is 13.2 Å². The molecule has 0 saturated carbocycles. The van der Waals surface area contributed by atoms with E-state index in [0.717, 1.165) is 0 Å². The molecule has 1 aliphatic heterocycles. The Labute approximate surface area is 100 Å². The first-order valence-electron chi connectivity index (χ1n) is 5.47. The third-order valence-corrected chi connectivity index (χ3v) is 5.47. The summed E-state index contributed by atoms with van der Waals surface area (Å²) in [6, 6.07) is 6.70. The van der Waals surface area contributed by atoms with Gasteiger partial charge in [0, 0.05) is 0 Å². The number of rotatable bonds is 2. The first-order valence-corrected chi connectivity index (χ1v) is 7.02. The quantitative estimate of drug-likeness (QED) is 0.873. The molecule has 0 amide bonds. The van der Waals surface area contributed by atoms with Crippen LogP contribution in [-0.4, -0.2) is 24.7 Å². The summed E-state index contributed by atoms with van der Waals surface area (Å²) in [5.41, 5.74) is 0.646.